The van der Waals surface area contributed by atoms with Crippen LogP contribution in [0.25, 0.3) is 0 Å². The first kappa shape index (κ1) is 15.4. The largest absolute Gasteiger partial charge is 0.234 e. The molecule has 1 heterocycles. The number of fused-ring (bicyclic) bond motifs is 1. The van der Waals surface area contributed by atoms with E-state index < -0.39 is 25.6 Å². The Hall–Kier alpha value is -1.01. The summed E-state index contributed by atoms with van der Waals surface area (Å²) in [6, 6.07) is 5.20. The van der Waals surface area contributed by atoms with Gasteiger partial charge in [-0.25, -0.2) is 12.6 Å². The van der Waals surface area contributed by atoms with Gasteiger partial charge in [0.1, 0.15) is 11.0 Å². The second kappa shape index (κ2) is 5.07. The van der Waals surface area contributed by atoms with E-state index in [0.717, 1.165) is 11.1 Å². The average molecular weight is 313 g/mol. The molecule has 1 aliphatic rings. The second-order valence-corrected chi connectivity index (χ2v) is 9.87. The van der Waals surface area contributed by atoms with Gasteiger partial charge in [-0.2, -0.15) is 4.40 Å². The van der Waals surface area contributed by atoms with Crippen LogP contribution in [0, 0.1) is 0 Å². The summed E-state index contributed by atoms with van der Waals surface area (Å²) in [6.45, 7) is 7.36. The van der Waals surface area contributed by atoms with Gasteiger partial charge in [0.05, 0.1) is 21.1 Å². The molecule has 0 fully saturated rings. The van der Waals surface area contributed by atoms with Crippen molar-refractivity contribution in [3.63, 3.8) is 0 Å². The molecule has 0 aliphatic carbocycles. The highest BCUT2D eigenvalue weighted by atomic mass is 32.2. The predicted octanol–water partition coefficient (Wildman–Crippen LogP) is 2.29. The standard InChI is InChI=1S/C14H19NO3S2/c1-10(15-19(16)14(2,3)4)11-6-5-7-13-12(11)8-9-20(13,17)18/h5-7H,8-9H2,1-4H3/b15-10+. The first-order chi connectivity index (χ1) is 9.13. The normalized spacial score (nSPS) is 19.7. The smallest absolute Gasteiger partial charge is 0.178 e. The van der Waals surface area contributed by atoms with Crippen molar-refractivity contribution < 1.29 is 12.6 Å². The van der Waals surface area contributed by atoms with E-state index in [-0.39, 0.29) is 5.75 Å². The zero-order chi connectivity index (χ0) is 15.1. The molecule has 0 spiro atoms. The van der Waals surface area contributed by atoms with Gasteiger partial charge in [-0.1, -0.05) is 12.1 Å². The fraction of sp³-hybridized carbons (Fsp3) is 0.500. The molecule has 1 aliphatic heterocycles. The minimum absolute atomic E-state index is 0.148. The van der Waals surface area contributed by atoms with Gasteiger partial charge in [-0.15, -0.1) is 0 Å². The Kier molecular flexibility index (Phi) is 3.90. The van der Waals surface area contributed by atoms with Crippen LogP contribution in [0.5, 0.6) is 0 Å². The highest BCUT2D eigenvalue weighted by Gasteiger charge is 2.29. The number of sulfone groups is 1. The van der Waals surface area contributed by atoms with Crippen molar-refractivity contribution in [1.29, 1.82) is 0 Å². The van der Waals surface area contributed by atoms with Crippen LogP contribution < -0.4 is 0 Å². The van der Waals surface area contributed by atoms with E-state index in [2.05, 4.69) is 4.40 Å². The number of hydrogen-bond donors (Lipinski definition) is 0. The first-order valence-electron chi connectivity index (χ1n) is 6.45. The third-order valence-electron chi connectivity index (χ3n) is 3.22. The molecular weight excluding hydrogens is 294 g/mol. The van der Waals surface area contributed by atoms with Crippen molar-refractivity contribution in [2.24, 2.45) is 4.40 Å². The third-order valence-corrected chi connectivity index (χ3v) is 6.50. The molecule has 1 atom stereocenters. The van der Waals surface area contributed by atoms with E-state index in [0.29, 0.717) is 17.0 Å². The molecule has 1 unspecified atom stereocenters. The summed E-state index contributed by atoms with van der Waals surface area (Å²) in [7, 11) is -4.49. The molecule has 1 aromatic carbocycles. The lowest BCUT2D eigenvalue weighted by molar-refractivity contribution is 0.600. The maximum atomic E-state index is 12.1. The van der Waals surface area contributed by atoms with E-state index in [1.165, 1.54) is 0 Å². The zero-order valence-corrected chi connectivity index (χ0v) is 13.8. The van der Waals surface area contributed by atoms with Gasteiger partial charge in [-0.05, 0) is 45.7 Å². The van der Waals surface area contributed by atoms with Crippen LogP contribution in [-0.2, 0) is 27.2 Å². The third kappa shape index (κ3) is 2.86. The van der Waals surface area contributed by atoms with Crippen LogP contribution in [0.2, 0.25) is 0 Å². The van der Waals surface area contributed by atoms with Crippen LogP contribution >= 0.6 is 0 Å². The van der Waals surface area contributed by atoms with Gasteiger partial charge in [0.25, 0.3) is 0 Å². The fourth-order valence-corrected chi connectivity index (χ4v) is 4.30. The molecule has 2 rings (SSSR count). The van der Waals surface area contributed by atoms with Crippen molar-refractivity contribution in [2.45, 2.75) is 43.8 Å². The molecular formula is C14H19NO3S2. The number of rotatable bonds is 2. The van der Waals surface area contributed by atoms with Crippen LogP contribution in [-0.4, -0.2) is 28.8 Å². The molecule has 110 valence electrons. The van der Waals surface area contributed by atoms with E-state index in [1.54, 1.807) is 19.1 Å². The Balaban J connectivity index is 2.49. The monoisotopic (exact) mass is 313 g/mol. The molecule has 0 amide bonds. The lowest BCUT2D eigenvalue weighted by Gasteiger charge is -2.15. The van der Waals surface area contributed by atoms with Crippen molar-refractivity contribution in [3.8, 4) is 0 Å². The van der Waals surface area contributed by atoms with Gasteiger partial charge in [-0.3, -0.25) is 0 Å². The summed E-state index contributed by atoms with van der Waals surface area (Å²) < 4.78 is 39.7. The van der Waals surface area contributed by atoms with Crippen LogP contribution in [0.15, 0.2) is 27.5 Å². The second-order valence-electron chi connectivity index (χ2n) is 5.89. The van der Waals surface area contributed by atoms with Gasteiger partial charge >= 0.3 is 0 Å². The maximum Gasteiger partial charge on any atom is 0.178 e. The fourth-order valence-electron chi connectivity index (χ4n) is 2.11. The molecule has 20 heavy (non-hydrogen) atoms. The van der Waals surface area contributed by atoms with Gasteiger partial charge in [0.2, 0.25) is 0 Å². The highest BCUT2D eigenvalue weighted by Crippen LogP contribution is 2.29. The van der Waals surface area contributed by atoms with E-state index >= 15 is 0 Å². The van der Waals surface area contributed by atoms with Crippen molar-refractivity contribution in [2.75, 3.05) is 5.75 Å². The molecule has 1 aromatic rings. The zero-order valence-electron chi connectivity index (χ0n) is 12.1. The summed E-state index contributed by atoms with van der Waals surface area (Å²) >= 11 is 0. The Morgan fingerprint density at radius 1 is 1.30 bits per heavy atom. The maximum absolute atomic E-state index is 12.1. The molecule has 0 N–H and O–H groups in total. The van der Waals surface area contributed by atoms with Crippen LogP contribution in [0.1, 0.15) is 38.8 Å². The Bertz CT molecular complexity index is 698. The number of benzene rings is 1. The van der Waals surface area contributed by atoms with E-state index in [9.17, 15) is 12.6 Å². The minimum atomic E-state index is -3.15. The van der Waals surface area contributed by atoms with Crippen LogP contribution in [0.3, 0.4) is 0 Å². The van der Waals surface area contributed by atoms with E-state index in [4.69, 9.17) is 0 Å². The van der Waals surface area contributed by atoms with Crippen molar-refractivity contribution >= 4 is 26.5 Å². The molecule has 0 saturated heterocycles. The summed E-state index contributed by atoms with van der Waals surface area (Å²) in [5, 5.41) is 0. The summed E-state index contributed by atoms with van der Waals surface area (Å²) in [5.41, 5.74) is 2.23. The van der Waals surface area contributed by atoms with Crippen LogP contribution in [0.4, 0.5) is 0 Å². The lowest BCUT2D eigenvalue weighted by Crippen LogP contribution is -2.20. The summed E-state index contributed by atoms with van der Waals surface area (Å²) in [4.78, 5) is 0.395. The van der Waals surface area contributed by atoms with E-state index in [1.807, 2.05) is 26.8 Å². The highest BCUT2D eigenvalue weighted by molar-refractivity contribution is 7.91. The quantitative estimate of drug-likeness (QED) is 0.787. The van der Waals surface area contributed by atoms with Crippen molar-refractivity contribution in [1.82, 2.24) is 0 Å². The summed E-state index contributed by atoms with van der Waals surface area (Å²) in [6.07, 6.45) is 0.503. The number of nitrogens with zero attached hydrogens (tertiary/aromatic N) is 1. The Morgan fingerprint density at radius 2 is 1.95 bits per heavy atom. The number of hydrogen-bond acceptors (Lipinski definition) is 3. The minimum Gasteiger partial charge on any atom is -0.234 e. The Morgan fingerprint density at radius 3 is 2.55 bits per heavy atom. The van der Waals surface area contributed by atoms with Gasteiger partial charge in [0, 0.05) is 5.56 Å². The molecule has 0 saturated carbocycles. The van der Waals surface area contributed by atoms with Gasteiger partial charge in [0.15, 0.2) is 9.84 Å². The average Bonchev–Trinajstić information content (AvgIpc) is 2.64. The van der Waals surface area contributed by atoms with Gasteiger partial charge < -0.3 is 0 Å². The summed E-state index contributed by atoms with van der Waals surface area (Å²) in [5.74, 6) is 0.148. The Labute approximate surface area is 122 Å². The van der Waals surface area contributed by atoms with Crippen molar-refractivity contribution in [3.05, 3.63) is 29.3 Å². The topological polar surface area (TPSA) is 63.6 Å². The first-order valence-corrected chi connectivity index (χ1v) is 9.21. The molecule has 6 heteroatoms. The molecule has 0 radical (unpaired) electrons. The molecule has 0 bridgehead atoms. The molecule has 4 nitrogen and oxygen atoms in total. The predicted molar refractivity (Wildman–Crippen MR) is 82.3 cm³/mol. The lowest BCUT2D eigenvalue weighted by atomic mass is 10.0. The SMILES string of the molecule is C/C(=N\S(=O)C(C)(C)C)c1cccc2c1CCS2(=O)=O. The molecule has 0 aromatic heterocycles.